The smallest absolute Gasteiger partial charge is 0 e. The van der Waals surface area contributed by atoms with Crippen LogP contribution in [-0.2, 0) is 0 Å². The van der Waals surface area contributed by atoms with Crippen LogP contribution >= 0.6 is 0 Å². The monoisotopic (exact) mass is 170 g/mol. The second kappa shape index (κ2) is 3.40. The summed E-state index contributed by atoms with van der Waals surface area (Å²) in [5.41, 5.74) is 0.706. The third kappa shape index (κ3) is 1.30. The molecule has 0 heterocycles. The van der Waals surface area contributed by atoms with E-state index in [1.807, 2.05) is 13.8 Å². The molecule has 2 bridgehead atoms. The fourth-order valence-electron chi connectivity index (χ4n) is 3.18. The summed E-state index contributed by atoms with van der Waals surface area (Å²) in [6.45, 7) is 11.4. The molecule has 0 radical (unpaired) electrons. The Balaban J connectivity index is 0.000000451. The molecule has 0 N–H and O–H groups in total. The summed E-state index contributed by atoms with van der Waals surface area (Å²) in [6.07, 6.45) is 4.54. The Morgan fingerprint density at radius 2 is 1.75 bits per heavy atom. The molecule has 3 fully saturated rings. The molecule has 0 aromatic carbocycles. The summed E-state index contributed by atoms with van der Waals surface area (Å²) < 4.78 is 0. The first kappa shape index (κ1) is 10.1. The molecule has 0 spiro atoms. The van der Waals surface area contributed by atoms with E-state index in [9.17, 15) is 0 Å². The van der Waals surface area contributed by atoms with Gasteiger partial charge in [0.15, 0.2) is 0 Å². The lowest BCUT2D eigenvalue weighted by Crippen LogP contribution is -2.51. The molecule has 0 amide bonds. The first-order chi connectivity index (χ1) is 5.62. The lowest BCUT2D eigenvalue weighted by Gasteiger charge is -2.59. The summed E-state index contributed by atoms with van der Waals surface area (Å²) in [7, 11) is 0. The molecule has 0 heteroatoms. The van der Waals surface area contributed by atoms with Crippen LogP contribution in [-0.4, -0.2) is 0 Å². The summed E-state index contributed by atoms with van der Waals surface area (Å²) in [5.74, 6) is 3.15. The molecule has 0 aliphatic heterocycles. The van der Waals surface area contributed by atoms with E-state index in [1.165, 1.54) is 19.3 Å². The number of rotatable bonds is 0. The fraction of sp³-hybridized carbons (Fsp3) is 1.00. The van der Waals surface area contributed by atoms with Gasteiger partial charge in [0.2, 0.25) is 0 Å². The van der Waals surface area contributed by atoms with Crippen molar-refractivity contribution in [3.05, 3.63) is 0 Å². The largest absolute Gasteiger partial charge is 0.0683 e. The van der Waals surface area contributed by atoms with Gasteiger partial charge in [-0.2, -0.15) is 0 Å². The first-order valence-electron chi connectivity index (χ1n) is 5.62. The molecule has 3 unspecified atom stereocenters. The van der Waals surface area contributed by atoms with Crippen molar-refractivity contribution in [3.8, 4) is 0 Å². The van der Waals surface area contributed by atoms with Crippen LogP contribution in [0.25, 0.3) is 0 Å². The topological polar surface area (TPSA) is 0 Å². The van der Waals surface area contributed by atoms with Crippen molar-refractivity contribution in [1.29, 1.82) is 0 Å². The molecule has 3 aliphatic rings. The van der Waals surface area contributed by atoms with Gasteiger partial charge < -0.3 is 0 Å². The lowest BCUT2D eigenvalue weighted by atomic mass is 9.46. The SMILES string of the molecule is CC.CC1CCC2CC1C2(C)C.[HH]. The van der Waals surface area contributed by atoms with Gasteiger partial charge >= 0.3 is 0 Å². The molecule has 0 aromatic heterocycles. The van der Waals surface area contributed by atoms with Crippen LogP contribution in [0, 0.1) is 23.2 Å². The van der Waals surface area contributed by atoms with E-state index in [0.717, 1.165) is 17.8 Å². The van der Waals surface area contributed by atoms with E-state index >= 15 is 0 Å². The van der Waals surface area contributed by atoms with E-state index < -0.39 is 0 Å². The molecule has 74 valence electrons. The zero-order valence-corrected chi connectivity index (χ0v) is 9.35. The van der Waals surface area contributed by atoms with E-state index in [-0.39, 0.29) is 1.43 Å². The number of fused-ring (bicyclic) bond motifs is 2. The average molecular weight is 170 g/mol. The van der Waals surface area contributed by atoms with Crippen LogP contribution in [0.4, 0.5) is 0 Å². The highest BCUT2D eigenvalue weighted by atomic mass is 14.6. The highest BCUT2D eigenvalue weighted by molar-refractivity contribution is 5.01. The molecule has 3 atom stereocenters. The molecular weight excluding hydrogens is 144 g/mol. The van der Waals surface area contributed by atoms with Crippen molar-refractivity contribution < 1.29 is 1.43 Å². The normalized spacial score (nSPS) is 42.2. The first-order valence-corrected chi connectivity index (χ1v) is 5.62. The standard InChI is InChI=1S/C10H18.C2H6.H2/c1-7-4-5-8-6-9(7)10(8,2)3;1-2;/h7-9H,4-6H2,1-3H3;1-2H3;1H. The van der Waals surface area contributed by atoms with Crippen molar-refractivity contribution in [2.24, 2.45) is 23.2 Å². The zero-order valence-electron chi connectivity index (χ0n) is 9.35. The van der Waals surface area contributed by atoms with Gasteiger partial charge in [-0.05, 0) is 36.0 Å². The third-order valence-electron chi connectivity index (χ3n) is 4.20. The predicted molar refractivity (Wildman–Crippen MR) is 57.2 cm³/mol. The second-order valence-electron chi connectivity index (χ2n) is 4.92. The molecule has 3 aliphatic carbocycles. The third-order valence-corrected chi connectivity index (χ3v) is 4.20. The Bertz CT molecular complexity index is 149. The Hall–Kier alpha value is 0. The molecular formula is C12H26. The predicted octanol–water partition coefficient (Wildman–Crippen LogP) is 4.35. The van der Waals surface area contributed by atoms with E-state index in [4.69, 9.17) is 0 Å². The maximum atomic E-state index is 2.46. The van der Waals surface area contributed by atoms with Crippen LogP contribution in [0.3, 0.4) is 0 Å². The minimum Gasteiger partial charge on any atom is -0.0683 e. The molecule has 0 saturated heterocycles. The quantitative estimate of drug-likeness (QED) is 0.507. The molecule has 3 rings (SSSR count). The molecule has 12 heavy (non-hydrogen) atoms. The number of hydrogen-bond acceptors (Lipinski definition) is 0. The van der Waals surface area contributed by atoms with Crippen molar-refractivity contribution in [1.82, 2.24) is 0 Å². The van der Waals surface area contributed by atoms with Crippen molar-refractivity contribution >= 4 is 0 Å². The van der Waals surface area contributed by atoms with Crippen LogP contribution in [0.5, 0.6) is 0 Å². The van der Waals surface area contributed by atoms with Crippen LogP contribution in [0.1, 0.15) is 55.3 Å². The second-order valence-corrected chi connectivity index (χ2v) is 4.92. The Kier molecular flexibility index (Phi) is 2.85. The van der Waals surface area contributed by atoms with Gasteiger partial charge in [0, 0.05) is 1.43 Å². The van der Waals surface area contributed by atoms with E-state index in [1.54, 1.807) is 0 Å². The van der Waals surface area contributed by atoms with Crippen molar-refractivity contribution in [3.63, 3.8) is 0 Å². The minimum absolute atomic E-state index is 0. The molecule has 3 saturated carbocycles. The highest BCUT2D eigenvalue weighted by Crippen LogP contribution is 2.61. The average Bonchev–Trinajstić information content (AvgIpc) is 2.07. The van der Waals surface area contributed by atoms with Crippen LogP contribution < -0.4 is 0 Å². The maximum Gasteiger partial charge on any atom is 0 e. The Morgan fingerprint density at radius 3 is 2.00 bits per heavy atom. The van der Waals surface area contributed by atoms with E-state index in [0.29, 0.717) is 5.41 Å². The van der Waals surface area contributed by atoms with Gasteiger partial charge in [0.25, 0.3) is 0 Å². The van der Waals surface area contributed by atoms with E-state index in [2.05, 4.69) is 20.8 Å². The summed E-state index contributed by atoms with van der Waals surface area (Å²) in [5, 5.41) is 0. The zero-order chi connectivity index (χ0) is 9.35. The lowest BCUT2D eigenvalue weighted by molar-refractivity contribution is -0.0988. The van der Waals surface area contributed by atoms with Gasteiger partial charge in [0.05, 0.1) is 0 Å². The van der Waals surface area contributed by atoms with Crippen LogP contribution in [0.2, 0.25) is 0 Å². The van der Waals surface area contributed by atoms with Crippen molar-refractivity contribution in [2.45, 2.75) is 53.9 Å². The summed E-state index contributed by atoms with van der Waals surface area (Å²) >= 11 is 0. The summed E-state index contributed by atoms with van der Waals surface area (Å²) in [6, 6.07) is 0. The molecule has 0 aromatic rings. The highest BCUT2D eigenvalue weighted by Gasteiger charge is 2.52. The van der Waals surface area contributed by atoms with Gasteiger partial charge in [-0.15, -0.1) is 0 Å². The van der Waals surface area contributed by atoms with Gasteiger partial charge in [-0.1, -0.05) is 41.0 Å². The van der Waals surface area contributed by atoms with Gasteiger partial charge in [0.1, 0.15) is 0 Å². The Labute approximate surface area is 79.2 Å². The Morgan fingerprint density at radius 1 is 1.17 bits per heavy atom. The van der Waals surface area contributed by atoms with Crippen LogP contribution in [0.15, 0.2) is 0 Å². The molecule has 0 nitrogen and oxygen atoms in total. The fourth-order valence-corrected chi connectivity index (χ4v) is 3.18. The summed E-state index contributed by atoms with van der Waals surface area (Å²) in [4.78, 5) is 0. The van der Waals surface area contributed by atoms with Crippen molar-refractivity contribution in [2.75, 3.05) is 0 Å². The maximum absolute atomic E-state index is 2.46. The van der Waals surface area contributed by atoms with Gasteiger partial charge in [-0.25, -0.2) is 0 Å². The van der Waals surface area contributed by atoms with Gasteiger partial charge in [-0.3, -0.25) is 0 Å². The minimum atomic E-state index is 0. The number of hydrogen-bond donors (Lipinski definition) is 0.